The lowest BCUT2D eigenvalue weighted by atomic mass is 10.5. The van der Waals surface area contributed by atoms with E-state index in [0.29, 0.717) is 0 Å². The molecule has 84 valence electrons. The van der Waals surface area contributed by atoms with Gasteiger partial charge in [-0.2, -0.15) is 0 Å². The Bertz CT molecular complexity index is 197. The van der Waals surface area contributed by atoms with Crippen LogP contribution in [-0.4, -0.2) is 15.0 Å². The van der Waals surface area contributed by atoms with E-state index >= 15 is 0 Å². The number of nitrogens with one attached hydrogen (secondary N) is 1. The highest BCUT2D eigenvalue weighted by atomic mass is 14.8. The molecule has 2 aromatic rings. The van der Waals surface area contributed by atoms with E-state index in [1.54, 1.807) is 31.1 Å². The van der Waals surface area contributed by atoms with E-state index in [0.717, 1.165) is 0 Å². The number of hydrogen-bond acceptors (Lipinski definition) is 2. The van der Waals surface area contributed by atoms with Crippen molar-refractivity contribution in [2.24, 2.45) is 0 Å². The van der Waals surface area contributed by atoms with Crippen LogP contribution in [0.25, 0.3) is 0 Å². The maximum atomic E-state index is 3.78. The highest BCUT2D eigenvalue weighted by Gasteiger charge is 1.58. The van der Waals surface area contributed by atoms with Crippen LogP contribution in [0.3, 0.4) is 0 Å². The zero-order chi connectivity index (χ0) is 11.8. The normalized spacial score (nSPS) is 6.67. The molecule has 2 heterocycles. The fraction of sp³-hybridized carbons (Fsp3) is 0.333. The Hall–Kier alpha value is -1.64. The third kappa shape index (κ3) is 15.1. The fourth-order valence-corrected chi connectivity index (χ4v) is 0.528. The Morgan fingerprint density at radius 1 is 0.733 bits per heavy atom. The quantitative estimate of drug-likeness (QED) is 0.717. The van der Waals surface area contributed by atoms with Crippen LogP contribution >= 0.6 is 0 Å². The van der Waals surface area contributed by atoms with Crippen molar-refractivity contribution < 1.29 is 0 Å². The van der Waals surface area contributed by atoms with Crippen LogP contribution in [0.15, 0.2) is 49.3 Å². The molecule has 0 aliphatic heterocycles. The second-order valence-electron chi connectivity index (χ2n) is 1.79. The first kappa shape index (κ1) is 15.8. The molecule has 2 aromatic heterocycles. The van der Waals surface area contributed by atoms with Crippen molar-refractivity contribution in [3.63, 3.8) is 0 Å². The lowest BCUT2D eigenvalue weighted by Crippen LogP contribution is -1.58. The number of aromatic amines is 1. The highest BCUT2D eigenvalue weighted by Crippen LogP contribution is 1.73. The topological polar surface area (TPSA) is 41.6 Å². The Balaban J connectivity index is 0. The van der Waals surface area contributed by atoms with Crippen LogP contribution in [0.5, 0.6) is 0 Å². The predicted molar refractivity (Wildman–Crippen MR) is 65.5 cm³/mol. The summed E-state index contributed by atoms with van der Waals surface area (Å²) in [6, 6.07) is 5.72. The molecule has 0 aliphatic carbocycles. The molecule has 0 aliphatic rings. The largest absolute Gasteiger partial charge is 0.351 e. The number of hydrogen-bond donors (Lipinski definition) is 1. The van der Waals surface area contributed by atoms with Crippen molar-refractivity contribution in [3.05, 3.63) is 49.3 Å². The number of aromatic nitrogens is 3. The number of imidazole rings is 1. The molecule has 0 aromatic carbocycles. The molecular formula is C12H21N3. The summed E-state index contributed by atoms with van der Waals surface area (Å²) in [6.45, 7) is 8.00. The second-order valence-corrected chi connectivity index (χ2v) is 1.79. The lowest BCUT2D eigenvalue weighted by Gasteiger charge is -1.70. The van der Waals surface area contributed by atoms with Gasteiger partial charge in [0.1, 0.15) is 0 Å². The maximum absolute atomic E-state index is 3.78. The van der Waals surface area contributed by atoms with Crippen LogP contribution < -0.4 is 0 Å². The summed E-state index contributed by atoms with van der Waals surface area (Å²) in [5.41, 5.74) is 0. The van der Waals surface area contributed by atoms with Gasteiger partial charge in [0.15, 0.2) is 0 Å². The molecule has 0 spiro atoms. The minimum atomic E-state index is 1.62. The van der Waals surface area contributed by atoms with Crippen LogP contribution in [0.2, 0.25) is 0 Å². The average Bonchev–Trinajstić information content (AvgIpc) is 2.95. The first-order valence-electron chi connectivity index (χ1n) is 5.28. The minimum Gasteiger partial charge on any atom is -0.351 e. The first-order valence-corrected chi connectivity index (χ1v) is 5.28. The summed E-state index contributed by atoms with van der Waals surface area (Å²) >= 11 is 0. The van der Waals surface area contributed by atoms with Crippen LogP contribution in [0, 0.1) is 0 Å². The van der Waals surface area contributed by atoms with Gasteiger partial charge < -0.3 is 4.98 Å². The Morgan fingerprint density at radius 3 is 1.47 bits per heavy atom. The Kier molecular flexibility index (Phi) is 19.2. The molecule has 0 saturated heterocycles. The molecule has 0 unspecified atom stereocenters. The molecule has 0 saturated carbocycles. The molecule has 0 amide bonds. The van der Waals surface area contributed by atoms with E-state index in [-0.39, 0.29) is 0 Å². The monoisotopic (exact) mass is 207 g/mol. The van der Waals surface area contributed by atoms with Crippen molar-refractivity contribution in [1.82, 2.24) is 15.0 Å². The summed E-state index contributed by atoms with van der Waals surface area (Å²) in [5.74, 6) is 0. The van der Waals surface area contributed by atoms with Crippen molar-refractivity contribution in [3.8, 4) is 0 Å². The third-order valence-corrected chi connectivity index (χ3v) is 0.972. The van der Waals surface area contributed by atoms with Crippen molar-refractivity contribution in [1.29, 1.82) is 0 Å². The van der Waals surface area contributed by atoms with Crippen LogP contribution in [0.4, 0.5) is 0 Å². The van der Waals surface area contributed by atoms with E-state index in [1.165, 1.54) is 0 Å². The summed E-state index contributed by atoms with van der Waals surface area (Å²) < 4.78 is 0. The van der Waals surface area contributed by atoms with Crippen molar-refractivity contribution in [2.45, 2.75) is 27.7 Å². The van der Waals surface area contributed by atoms with Crippen LogP contribution in [-0.2, 0) is 0 Å². The molecule has 0 bridgehead atoms. The third-order valence-electron chi connectivity index (χ3n) is 0.972. The molecule has 0 fully saturated rings. The lowest BCUT2D eigenvalue weighted by molar-refractivity contribution is 1.31. The average molecular weight is 207 g/mol. The fourth-order valence-electron chi connectivity index (χ4n) is 0.528. The SMILES string of the molecule is CC.CC.c1c[nH]cn1.c1ccncc1. The van der Waals surface area contributed by atoms with Crippen molar-refractivity contribution in [2.75, 3.05) is 0 Å². The van der Waals surface area contributed by atoms with Gasteiger partial charge in [-0.15, -0.1) is 0 Å². The molecular weight excluding hydrogens is 186 g/mol. The summed E-state index contributed by atoms with van der Waals surface area (Å²) in [4.78, 5) is 10.2. The van der Waals surface area contributed by atoms with Gasteiger partial charge in [0.25, 0.3) is 0 Å². The molecule has 1 N–H and O–H groups in total. The summed E-state index contributed by atoms with van der Waals surface area (Å²) in [5, 5.41) is 0. The predicted octanol–water partition coefficient (Wildman–Crippen LogP) is 3.54. The highest BCUT2D eigenvalue weighted by molar-refractivity contribution is 4.88. The number of nitrogens with zero attached hydrogens (tertiary/aromatic N) is 2. The smallest absolute Gasteiger partial charge is 0.0919 e. The summed E-state index contributed by atoms with van der Waals surface area (Å²) in [7, 11) is 0. The zero-order valence-corrected chi connectivity index (χ0v) is 10.0. The number of pyridine rings is 1. The summed E-state index contributed by atoms with van der Waals surface area (Å²) in [6.07, 6.45) is 8.58. The van der Waals surface area contributed by atoms with Crippen molar-refractivity contribution >= 4 is 0 Å². The van der Waals surface area contributed by atoms with Gasteiger partial charge in [0.2, 0.25) is 0 Å². The van der Waals surface area contributed by atoms with Gasteiger partial charge in [-0.1, -0.05) is 33.8 Å². The molecule has 0 radical (unpaired) electrons. The van der Waals surface area contributed by atoms with Gasteiger partial charge >= 0.3 is 0 Å². The van der Waals surface area contributed by atoms with Crippen LogP contribution in [0.1, 0.15) is 27.7 Å². The second kappa shape index (κ2) is 18.2. The van der Waals surface area contributed by atoms with Gasteiger partial charge in [-0.3, -0.25) is 4.98 Å². The van der Waals surface area contributed by atoms with E-state index in [1.807, 2.05) is 45.9 Å². The molecule has 15 heavy (non-hydrogen) atoms. The molecule has 2 rings (SSSR count). The Labute approximate surface area is 92.6 Å². The van der Waals surface area contributed by atoms with E-state index < -0.39 is 0 Å². The van der Waals surface area contributed by atoms with E-state index in [9.17, 15) is 0 Å². The van der Waals surface area contributed by atoms with E-state index in [2.05, 4.69) is 15.0 Å². The van der Waals surface area contributed by atoms with Gasteiger partial charge in [0.05, 0.1) is 6.33 Å². The number of H-pyrrole nitrogens is 1. The van der Waals surface area contributed by atoms with Gasteiger partial charge in [-0.25, -0.2) is 4.98 Å². The maximum Gasteiger partial charge on any atom is 0.0919 e. The molecule has 3 nitrogen and oxygen atoms in total. The minimum absolute atomic E-state index is 1.62. The molecule has 0 atom stereocenters. The Morgan fingerprint density at radius 2 is 1.33 bits per heavy atom. The number of rotatable bonds is 0. The zero-order valence-electron chi connectivity index (χ0n) is 10.0. The van der Waals surface area contributed by atoms with E-state index in [4.69, 9.17) is 0 Å². The van der Waals surface area contributed by atoms with Gasteiger partial charge in [0, 0.05) is 24.8 Å². The standard InChI is InChI=1S/C5H5N.C3H4N2.2C2H6/c1-2-4-6-5-3-1;1-2-5-3-4-1;2*1-2/h1-5H;1-3H,(H,4,5);2*1-2H3. The van der Waals surface area contributed by atoms with Gasteiger partial charge in [-0.05, 0) is 12.1 Å². The molecule has 3 heteroatoms. The first-order chi connectivity index (χ1) is 7.50.